The second-order valence-electron chi connectivity index (χ2n) is 4.57. The van der Waals surface area contributed by atoms with E-state index in [1.54, 1.807) is 6.20 Å². The first-order valence-electron chi connectivity index (χ1n) is 6.01. The molecular formula is C14H17ClN2O. The second kappa shape index (κ2) is 5.55. The van der Waals surface area contributed by atoms with E-state index in [0.29, 0.717) is 18.5 Å². The van der Waals surface area contributed by atoms with Crippen LogP contribution in [-0.4, -0.2) is 11.0 Å². The van der Waals surface area contributed by atoms with E-state index >= 15 is 0 Å². The molecule has 0 amide bonds. The van der Waals surface area contributed by atoms with Crippen LogP contribution in [0.15, 0.2) is 28.8 Å². The Bertz CT molecular complexity index is 534. The van der Waals surface area contributed by atoms with Gasteiger partial charge in [0.2, 0.25) is 5.89 Å². The molecule has 18 heavy (non-hydrogen) atoms. The monoisotopic (exact) mass is 264 g/mol. The first-order chi connectivity index (χ1) is 8.58. The van der Waals surface area contributed by atoms with Crippen LogP contribution in [0.25, 0.3) is 11.3 Å². The Labute approximate surface area is 112 Å². The van der Waals surface area contributed by atoms with E-state index in [1.165, 1.54) is 0 Å². The van der Waals surface area contributed by atoms with Gasteiger partial charge in [-0.05, 0) is 18.6 Å². The molecule has 0 fully saturated rings. The van der Waals surface area contributed by atoms with Crippen LogP contribution in [0.1, 0.15) is 25.3 Å². The van der Waals surface area contributed by atoms with Crippen molar-refractivity contribution in [2.45, 2.75) is 33.4 Å². The SMILES string of the molecule is Cc1c(Cl)cccc1-c1cnc(CNC(C)C)o1. The number of hydrogen-bond acceptors (Lipinski definition) is 3. The van der Waals surface area contributed by atoms with E-state index in [4.69, 9.17) is 16.0 Å². The average molecular weight is 265 g/mol. The minimum absolute atomic E-state index is 0.410. The number of benzene rings is 1. The fourth-order valence-corrected chi connectivity index (χ4v) is 1.86. The highest BCUT2D eigenvalue weighted by Crippen LogP contribution is 2.28. The number of rotatable bonds is 4. The van der Waals surface area contributed by atoms with Gasteiger partial charge >= 0.3 is 0 Å². The Kier molecular flexibility index (Phi) is 4.04. The predicted octanol–water partition coefficient (Wildman–Crippen LogP) is 3.80. The number of nitrogens with one attached hydrogen (secondary N) is 1. The highest BCUT2D eigenvalue weighted by atomic mass is 35.5. The maximum atomic E-state index is 6.10. The van der Waals surface area contributed by atoms with E-state index in [1.807, 2.05) is 25.1 Å². The molecule has 1 N–H and O–H groups in total. The van der Waals surface area contributed by atoms with Gasteiger partial charge in [-0.3, -0.25) is 0 Å². The summed E-state index contributed by atoms with van der Waals surface area (Å²) in [5.74, 6) is 1.45. The van der Waals surface area contributed by atoms with Gasteiger partial charge in [0.1, 0.15) is 0 Å². The molecule has 0 aliphatic rings. The van der Waals surface area contributed by atoms with Gasteiger partial charge in [-0.2, -0.15) is 0 Å². The predicted molar refractivity (Wildman–Crippen MR) is 73.7 cm³/mol. The molecule has 0 unspecified atom stereocenters. The Balaban J connectivity index is 2.21. The lowest BCUT2D eigenvalue weighted by Crippen LogP contribution is -2.21. The molecule has 96 valence electrons. The molecule has 3 nitrogen and oxygen atoms in total. The minimum atomic E-state index is 0.410. The molecule has 0 radical (unpaired) electrons. The third kappa shape index (κ3) is 2.92. The maximum absolute atomic E-state index is 6.10. The van der Waals surface area contributed by atoms with Crippen LogP contribution >= 0.6 is 11.6 Å². The van der Waals surface area contributed by atoms with Crippen molar-refractivity contribution in [3.63, 3.8) is 0 Å². The van der Waals surface area contributed by atoms with Crippen molar-refractivity contribution >= 4 is 11.6 Å². The van der Waals surface area contributed by atoms with Crippen LogP contribution in [0, 0.1) is 6.92 Å². The van der Waals surface area contributed by atoms with Crippen molar-refractivity contribution < 1.29 is 4.42 Å². The molecule has 2 aromatic rings. The van der Waals surface area contributed by atoms with Crippen molar-refractivity contribution in [3.05, 3.63) is 40.9 Å². The molecule has 0 saturated carbocycles. The smallest absolute Gasteiger partial charge is 0.208 e. The summed E-state index contributed by atoms with van der Waals surface area (Å²) in [6, 6.07) is 6.19. The molecule has 1 heterocycles. The van der Waals surface area contributed by atoms with Crippen molar-refractivity contribution in [2.75, 3.05) is 0 Å². The van der Waals surface area contributed by atoms with Gasteiger partial charge in [-0.1, -0.05) is 37.6 Å². The third-order valence-electron chi connectivity index (χ3n) is 2.75. The number of halogens is 1. The molecule has 4 heteroatoms. The Morgan fingerprint density at radius 3 is 2.89 bits per heavy atom. The summed E-state index contributed by atoms with van der Waals surface area (Å²) >= 11 is 6.10. The summed E-state index contributed by atoms with van der Waals surface area (Å²) in [5.41, 5.74) is 2.00. The summed E-state index contributed by atoms with van der Waals surface area (Å²) in [6.45, 7) is 6.79. The van der Waals surface area contributed by atoms with Gasteiger partial charge in [-0.25, -0.2) is 4.98 Å². The molecule has 0 aliphatic carbocycles. The molecule has 0 spiro atoms. The standard InChI is InChI=1S/C14H17ClN2O/c1-9(2)16-8-14-17-7-13(18-14)11-5-4-6-12(15)10(11)3/h4-7,9,16H,8H2,1-3H3. The molecule has 0 bridgehead atoms. The molecule has 0 atom stereocenters. The van der Waals surface area contributed by atoms with Gasteiger partial charge in [0.25, 0.3) is 0 Å². The zero-order valence-electron chi connectivity index (χ0n) is 10.8. The fraction of sp³-hybridized carbons (Fsp3) is 0.357. The number of nitrogens with zero attached hydrogens (tertiary/aromatic N) is 1. The van der Waals surface area contributed by atoms with Crippen LogP contribution in [0.2, 0.25) is 5.02 Å². The minimum Gasteiger partial charge on any atom is -0.439 e. The largest absolute Gasteiger partial charge is 0.439 e. The van der Waals surface area contributed by atoms with Crippen molar-refractivity contribution in [3.8, 4) is 11.3 Å². The van der Waals surface area contributed by atoms with Crippen LogP contribution in [-0.2, 0) is 6.54 Å². The number of oxazole rings is 1. The van der Waals surface area contributed by atoms with Crippen LogP contribution in [0.3, 0.4) is 0 Å². The highest BCUT2D eigenvalue weighted by Gasteiger charge is 2.10. The highest BCUT2D eigenvalue weighted by molar-refractivity contribution is 6.31. The van der Waals surface area contributed by atoms with Gasteiger partial charge in [0, 0.05) is 16.6 Å². The van der Waals surface area contributed by atoms with E-state index in [-0.39, 0.29) is 0 Å². The van der Waals surface area contributed by atoms with Gasteiger partial charge in [0.05, 0.1) is 12.7 Å². The third-order valence-corrected chi connectivity index (χ3v) is 3.16. The summed E-state index contributed by atoms with van der Waals surface area (Å²) < 4.78 is 5.72. The van der Waals surface area contributed by atoms with E-state index < -0.39 is 0 Å². The molecule has 1 aromatic heterocycles. The second-order valence-corrected chi connectivity index (χ2v) is 4.97. The molecule has 0 aliphatic heterocycles. The lowest BCUT2D eigenvalue weighted by molar-refractivity contribution is 0.459. The van der Waals surface area contributed by atoms with Crippen LogP contribution in [0.4, 0.5) is 0 Å². The first-order valence-corrected chi connectivity index (χ1v) is 6.39. The summed E-state index contributed by atoms with van der Waals surface area (Å²) in [5, 5.41) is 4.01. The summed E-state index contributed by atoms with van der Waals surface area (Å²) in [4.78, 5) is 4.26. The van der Waals surface area contributed by atoms with E-state index in [0.717, 1.165) is 21.9 Å². The normalized spacial score (nSPS) is 11.2. The summed E-state index contributed by atoms with van der Waals surface area (Å²) in [6.07, 6.45) is 1.75. The van der Waals surface area contributed by atoms with Crippen LogP contribution in [0.5, 0.6) is 0 Å². The average Bonchev–Trinajstić information content (AvgIpc) is 2.78. The van der Waals surface area contributed by atoms with Gasteiger partial charge in [0.15, 0.2) is 5.76 Å². The lowest BCUT2D eigenvalue weighted by Gasteiger charge is -2.05. The topological polar surface area (TPSA) is 38.1 Å². The van der Waals surface area contributed by atoms with Gasteiger partial charge < -0.3 is 9.73 Å². The van der Waals surface area contributed by atoms with Crippen molar-refractivity contribution in [1.29, 1.82) is 0 Å². The van der Waals surface area contributed by atoms with E-state index in [9.17, 15) is 0 Å². The van der Waals surface area contributed by atoms with Crippen molar-refractivity contribution in [1.82, 2.24) is 10.3 Å². The Hall–Kier alpha value is -1.32. The Morgan fingerprint density at radius 1 is 1.39 bits per heavy atom. The quantitative estimate of drug-likeness (QED) is 0.913. The van der Waals surface area contributed by atoms with Crippen LogP contribution < -0.4 is 5.32 Å². The van der Waals surface area contributed by atoms with Crippen molar-refractivity contribution in [2.24, 2.45) is 0 Å². The molecule has 1 aromatic carbocycles. The Morgan fingerprint density at radius 2 is 2.17 bits per heavy atom. The zero-order chi connectivity index (χ0) is 13.1. The molecule has 0 saturated heterocycles. The number of hydrogen-bond donors (Lipinski definition) is 1. The first kappa shape index (κ1) is 13.1. The fourth-order valence-electron chi connectivity index (χ4n) is 1.68. The molecule has 2 rings (SSSR count). The van der Waals surface area contributed by atoms with Gasteiger partial charge in [-0.15, -0.1) is 0 Å². The maximum Gasteiger partial charge on any atom is 0.208 e. The molecular weight excluding hydrogens is 248 g/mol. The summed E-state index contributed by atoms with van der Waals surface area (Å²) in [7, 11) is 0. The number of aromatic nitrogens is 1. The lowest BCUT2D eigenvalue weighted by atomic mass is 10.1. The zero-order valence-corrected chi connectivity index (χ0v) is 11.6. The van der Waals surface area contributed by atoms with E-state index in [2.05, 4.69) is 24.1 Å².